The lowest BCUT2D eigenvalue weighted by molar-refractivity contribution is -0.384. The molecule has 6 heteroatoms. The van der Waals surface area contributed by atoms with Crippen LogP contribution in [-0.4, -0.2) is 31.6 Å². The van der Waals surface area contributed by atoms with Crippen LogP contribution >= 0.6 is 11.6 Å². The molecule has 2 rings (SSSR count). The van der Waals surface area contributed by atoms with E-state index in [1.165, 1.54) is 0 Å². The van der Waals surface area contributed by atoms with Gasteiger partial charge in [0.2, 0.25) is 0 Å². The molecule has 0 spiro atoms. The van der Waals surface area contributed by atoms with Crippen molar-refractivity contribution in [3.05, 3.63) is 33.3 Å². The van der Waals surface area contributed by atoms with Gasteiger partial charge in [-0.25, -0.2) is 0 Å². The third-order valence-corrected chi connectivity index (χ3v) is 3.86. The molecule has 104 valence electrons. The summed E-state index contributed by atoms with van der Waals surface area (Å²) in [7, 11) is 1.89. The first-order valence-corrected chi connectivity index (χ1v) is 6.82. The molecule has 0 radical (unpaired) electrons. The summed E-state index contributed by atoms with van der Waals surface area (Å²) in [6, 6.07) is 5.07. The number of nitro benzene ring substituents is 1. The van der Waals surface area contributed by atoms with E-state index in [2.05, 4.69) is 5.32 Å². The van der Waals surface area contributed by atoms with Crippen LogP contribution in [0.5, 0.6) is 0 Å². The first-order chi connectivity index (χ1) is 9.09. The lowest BCUT2D eigenvalue weighted by Gasteiger charge is -2.28. The molecule has 1 N–H and O–H groups in total. The van der Waals surface area contributed by atoms with E-state index in [0.29, 0.717) is 11.6 Å². The summed E-state index contributed by atoms with van der Waals surface area (Å²) in [6.45, 7) is 2.87. The van der Waals surface area contributed by atoms with Gasteiger partial charge in [-0.3, -0.25) is 10.1 Å². The Bertz CT molecular complexity index is 461. The summed E-state index contributed by atoms with van der Waals surface area (Å²) in [4.78, 5) is 12.7. The molecule has 5 nitrogen and oxygen atoms in total. The van der Waals surface area contributed by atoms with Crippen LogP contribution in [0.15, 0.2) is 18.2 Å². The SMILES string of the molecule is CN(CC1CCNCC1)c1cccc(Cl)c1[N+](=O)[O-]. The largest absolute Gasteiger partial charge is 0.369 e. The highest BCUT2D eigenvalue weighted by molar-refractivity contribution is 6.33. The van der Waals surface area contributed by atoms with Crippen molar-refractivity contribution >= 4 is 23.0 Å². The Hall–Kier alpha value is -1.33. The van der Waals surface area contributed by atoms with E-state index >= 15 is 0 Å². The predicted molar refractivity (Wildman–Crippen MR) is 77.0 cm³/mol. The number of anilines is 1. The molecule has 1 fully saturated rings. The summed E-state index contributed by atoms with van der Waals surface area (Å²) in [5, 5.41) is 14.6. The van der Waals surface area contributed by atoms with E-state index in [9.17, 15) is 10.1 Å². The van der Waals surface area contributed by atoms with Crippen molar-refractivity contribution in [2.24, 2.45) is 5.92 Å². The van der Waals surface area contributed by atoms with Crippen molar-refractivity contribution in [1.29, 1.82) is 0 Å². The van der Waals surface area contributed by atoms with Gasteiger partial charge in [-0.1, -0.05) is 17.7 Å². The molecular weight excluding hydrogens is 266 g/mol. The van der Waals surface area contributed by atoms with Gasteiger partial charge in [0.1, 0.15) is 10.7 Å². The molecule has 1 heterocycles. The second-order valence-electron chi connectivity index (χ2n) is 4.94. The number of nitrogens with one attached hydrogen (secondary N) is 1. The summed E-state index contributed by atoms with van der Waals surface area (Å²) in [6.07, 6.45) is 2.22. The molecule has 0 aliphatic carbocycles. The Labute approximate surface area is 117 Å². The first-order valence-electron chi connectivity index (χ1n) is 6.44. The third kappa shape index (κ3) is 3.36. The standard InChI is InChI=1S/C13H18ClN3O2/c1-16(9-10-5-7-15-8-6-10)12-4-2-3-11(14)13(12)17(18)19/h2-4,10,15H,5-9H2,1H3. The average molecular weight is 284 g/mol. The molecule has 1 aromatic carbocycles. The zero-order chi connectivity index (χ0) is 13.8. The van der Waals surface area contributed by atoms with Crippen LogP contribution in [0.25, 0.3) is 0 Å². The fourth-order valence-corrected chi connectivity index (χ4v) is 2.78. The van der Waals surface area contributed by atoms with Crippen LogP contribution in [0, 0.1) is 16.0 Å². The number of hydrogen-bond donors (Lipinski definition) is 1. The van der Waals surface area contributed by atoms with E-state index < -0.39 is 4.92 Å². The lowest BCUT2D eigenvalue weighted by Crippen LogP contribution is -2.34. The fraction of sp³-hybridized carbons (Fsp3) is 0.538. The first kappa shape index (κ1) is 14.1. The van der Waals surface area contributed by atoms with Crippen LogP contribution in [0.1, 0.15) is 12.8 Å². The number of piperidine rings is 1. The average Bonchev–Trinajstić information content (AvgIpc) is 2.39. The molecule has 1 aliphatic rings. The Morgan fingerprint density at radius 2 is 2.16 bits per heavy atom. The molecular formula is C13H18ClN3O2. The van der Waals surface area contributed by atoms with Gasteiger partial charge in [0.05, 0.1) is 4.92 Å². The second-order valence-corrected chi connectivity index (χ2v) is 5.35. The number of nitro groups is 1. The van der Waals surface area contributed by atoms with E-state index in [-0.39, 0.29) is 10.7 Å². The van der Waals surface area contributed by atoms with Crippen molar-refractivity contribution in [3.63, 3.8) is 0 Å². The zero-order valence-electron chi connectivity index (χ0n) is 10.9. The van der Waals surface area contributed by atoms with E-state index in [1.807, 2.05) is 11.9 Å². The second kappa shape index (κ2) is 6.21. The van der Waals surface area contributed by atoms with Crippen molar-refractivity contribution in [2.75, 3.05) is 31.6 Å². The number of halogens is 1. The highest BCUT2D eigenvalue weighted by Crippen LogP contribution is 2.35. The van der Waals surface area contributed by atoms with Gasteiger partial charge < -0.3 is 10.2 Å². The van der Waals surface area contributed by atoms with Gasteiger partial charge in [0.15, 0.2) is 0 Å². The minimum Gasteiger partial charge on any atom is -0.369 e. The zero-order valence-corrected chi connectivity index (χ0v) is 11.7. The van der Waals surface area contributed by atoms with Crippen LogP contribution in [0.3, 0.4) is 0 Å². The molecule has 1 aliphatic heterocycles. The lowest BCUT2D eigenvalue weighted by atomic mass is 9.97. The summed E-state index contributed by atoms with van der Waals surface area (Å²) >= 11 is 5.93. The van der Waals surface area contributed by atoms with Crippen molar-refractivity contribution in [3.8, 4) is 0 Å². The summed E-state index contributed by atoms with van der Waals surface area (Å²) in [5.41, 5.74) is 0.594. The van der Waals surface area contributed by atoms with Gasteiger partial charge in [-0.05, 0) is 44.0 Å². The maximum Gasteiger partial charge on any atom is 0.310 e. The summed E-state index contributed by atoms with van der Waals surface area (Å²) < 4.78 is 0. The Balaban J connectivity index is 2.16. The minimum absolute atomic E-state index is 0.000557. The van der Waals surface area contributed by atoms with Gasteiger partial charge in [0, 0.05) is 13.6 Å². The number of hydrogen-bond acceptors (Lipinski definition) is 4. The topological polar surface area (TPSA) is 58.4 Å². The van der Waals surface area contributed by atoms with E-state index in [4.69, 9.17) is 11.6 Å². The molecule has 0 unspecified atom stereocenters. The number of para-hydroxylation sites is 1. The monoisotopic (exact) mass is 283 g/mol. The van der Waals surface area contributed by atoms with Crippen LogP contribution < -0.4 is 10.2 Å². The molecule has 19 heavy (non-hydrogen) atoms. The van der Waals surface area contributed by atoms with Crippen LogP contribution in [0.2, 0.25) is 5.02 Å². The molecule has 0 amide bonds. The number of nitrogens with zero attached hydrogens (tertiary/aromatic N) is 2. The Kier molecular flexibility index (Phi) is 4.61. The highest BCUT2D eigenvalue weighted by Gasteiger charge is 2.23. The number of benzene rings is 1. The van der Waals surface area contributed by atoms with Gasteiger partial charge in [-0.2, -0.15) is 0 Å². The van der Waals surface area contributed by atoms with E-state index in [1.54, 1.807) is 18.2 Å². The van der Waals surface area contributed by atoms with Crippen LogP contribution in [-0.2, 0) is 0 Å². The van der Waals surface area contributed by atoms with Gasteiger partial charge >= 0.3 is 5.69 Å². The molecule has 0 atom stereocenters. The fourth-order valence-electron chi connectivity index (χ4n) is 2.54. The molecule has 0 bridgehead atoms. The van der Waals surface area contributed by atoms with Gasteiger partial charge in [0.25, 0.3) is 0 Å². The number of rotatable bonds is 4. The van der Waals surface area contributed by atoms with E-state index in [0.717, 1.165) is 32.5 Å². The van der Waals surface area contributed by atoms with Crippen molar-refractivity contribution < 1.29 is 4.92 Å². The van der Waals surface area contributed by atoms with Crippen LogP contribution in [0.4, 0.5) is 11.4 Å². The normalized spacial score (nSPS) is 16.3. The molecule has 1 saturated heterocycles. The quantitative estimate of drug-likeness (QED) is 0.682. The summed E-state index contributed by atoms with van der Waals surface area (Å²) in [5.74, 6) is 0.574. The third-order valence-electron chi connectivity index (χ3n) is 3.55. The molecule has 0 aromatic heterocycles. The van der Waals surface area contributed by atoms with Crippen molar-refractivity contribution in [1.82, 2.24) is 5.32 Å². The Morgan fingerprint density at radius 3 is 2.79 bits per heavy atom. The maximum absolute atomic E-state index is 11.1. The Morgan fingerprint density at radius 1 is 1.47 bits per heavy atom. The molecule has 1 aromatic rings. The van der Waals surface area contributed by atoms with Gasteiger partial charge in [-0.15, -0.1) is 0 Å². The highest BCUT2D eigenvalue weighted by atomic mass is 35.5. The smallest absolute Gasteiger partial charge is 0.310 e. The predicted octanol–water partition coefficient (Wildman–Crippen LogP) is 2.68. The van der Waals surface area contributed by atoms with Crippen molar-refractivity contribution in [2.45, 2.75) is 12.8 Å². The maximum atomic E-state index is 11.1. The minimum atomic E-state index is -0.406. The molecule has 0 saturated carbocycles.